The minimum Gasteiger partial charge on any atom is -0.378 e. The number of rotatable bonds is 5. The lowest BCUT2D eigenvalue weighted by Crippen LogP contribution is -2.43. The predicted molar refractivity (Wildman–Crippen MR) is 105 cm³/mol. The number of nitrogens with one attached hydrogen (secondary N) is 1. The fraction of sp³-hybridized carbons (Fsp3) is 0.632. The van der Waals surface area contributed by atoms with Crippen LogP contribution < -0.4 is 10.2 Å². The first-order valence-corrected chi connectivity index (χ1v) is 11.4. The van der Waals surface area contributed by atoms with Gasteiger partial charge < -0.3 is 15.0 Å². The predicted octanol–water partition coefficient (Wildman–Crippen LogP) is 1.37. The van der Waals surface area contributed by atoms with Crippen molar-refractivity contribution in [1.29, 1.82) is 0 Å². The van der Waals surface area contributed by atoms with Gasteiger partial charge in [-0.1, -0.05) is 12.1 Å². The smallest absolute Gasteiger partial charge is 0.223 e. The molecule has 27 heavy (non-hydrogen) atoms. The molecule has 1 atom stereocenters. The summed E-state index contributed by atoms with van der Waals surface area (Å²) < 4.78 is 30.0. The summed E-state index contributed by atoms with van der Waals surface area (Å²) >= 11 is 0. The molecule has 1 N–H and O–H groups in total. The summed E-state index contributed by atoms with van der Waals surface area (Å²) in [6, 6.07) is 8.22. The van der Waals surface area contributed by atoms with Gasteiger partial charge in [0.1, 0.15) is 0 Å². The Morgan fingerprint density at radius 1 is 1.11 bits per heavy atom. The van der Waals surface area contributed by atoms with Gasteiger partial charge in [-0.2, -0.15) is 0 Å². The molecule has 3 rings (SSSR count). The summed E-state index contributed by atoms with van der Waals surface area (Å²) in [5.74, 6) is -0.119. The number of piperidine rings is 1. The van der Waals surface area contributed by atoms with Crippen molar-refractivity contribution in [3.05, 3.63) is 29.8 Å². The SMILES string of the molecule is C[C@H](NC(=O)C1CCN(S(C)(=O)=O)CC1)c1ccc(N2CCOCC2)cc1. The first-order valence-electron chi connectivity index (χ1n) is 9.53. The average molecular weight is 396 g/mol. The second-order valence-corrected chi connectivity index (χ2v) is 9.34. The number of hydrogen-bond acceptors (Lipinski definition) is 5. The first kappa shape index (κ1) is 20.1. The van der Waals surface area contributed by atoms with E-state index in [-0.39, 0.29) is 17.9 Å². The van der Waals surface area contributed by atoms with Gasteiger partial charge in [0.05, 0.1) is 25.5 Å². The minimum atomic E-state index is -3.16. The van der Waals surface area contributed by atoms with E-state index in [9.17, 15) is 13.2 Å². The van der Waals surface area contributed by atoms with E-state index < -0.39 is 10.0 Å². The normalized spacial score (nSPS) is 21.0. The van der Waals surface area contributed by atoms with Crippen LogP contribution in [-0.4, -0.2) is 64.3 Å². The monoisotopic (exact) mass is 395 g/mol. The van der Waals surface area contributed by atoms with E-state index in [1.807, 2.05) is 6.92 Å². The topological polar surface area (TPSA) is 79.0 Å². The second kappa shape index (κ2) is 8.58. The van der Waals surface area contributed by atoms with Gasteiger partial charge in [-0.3, -0.25) is 4.79 Å². The van der Waals surface area contributed by atoms with Gasteiger partial charge in [0.2, 0.25) is 15.9 Å². The number of benzene rings is 1. The van der Waals surface area contributed by atoms with E-state index in [1.165, 1.54) is 16.2 Å². The summed E-state index contributed by atoms with van der Waals surface area (Å²) in [6.45, 7) is 6.13. The third kappa shape index (κ3) is 5.21. The van der Waals surface area contributed by atoms with E-state index >= 15 is 0 Å². The third-order valence-corrected chi connectivity index (χ3v) is 6.73. The summed E-state index contributed by atoms with van der Waals surface area (Å²) in [6.07, 6.45) is 2.36. The van der Waals surface area contributed by atoms with Crippen molar-refractivity contribution in [3.63, 3.8) is 0 Å². The van der Waals surface area contributed by atoms with Crippen molar-refractivity contribution in [2.24, 2.45) is 5.92 Å². The molecule has 2 heterocycles. The highest BCUT2D eigenvalue weighted by Gasteiger charge is 2.29. The van der Waals surface area contributed by atoms with Crippen molar-refractivity contribution < 1.29 is 17.9 Å². The Bertz CT molecular complexity index is 737. The molecule has 1 amide bonds. The van der Waals surface area contributed by atoms with E-state index in [2.05, 4.69) is 34.5 Å². The zero-order valence-corrected chi connectivity index (χ0v) is 16.9. The van der Waals surface area contributed by atoms with Crippen molar-refractivity contribution in [2.45, 2.75) is 25.8 Å². The van der Waals surface area contributed by atoms with E-state index in [0.717, 1.165) is 31.9 Å². The molecule has 150 valence electrons. The van der Waals surface area contributed by atoms with Crippen LogP contribution in [0.5, 0.6) is 0 Å². The van der Waals surface area contributed by atoms with Crippen molar-refractivity contribution in [1.82, 2.24) is 9.62 Å². The van der Waals surface area contributed by atoms with E-state index in [4.69, 9.17) is 4.74 Å². The number of sulfonamides is 1. The number of anilines is 1. The largest absolute Gasteiger partial charge is 0.378 e. The molecular weight excluding hydrogens is 366 g/mol. The number of carbonyl (C=O) groups excluding carboxylic acids is 1. The zero-order chi connectivity index (χ0) is 19.4. The Kier molecular flexibility index (Phi) is 6.39. The molecule has 2 aliphatic rings. The molecule has 2 aliphatic heterocycles. The molecule has 0 aliphatic carbocycles. The molecule has 0 unspecified atom stereocenters. The van der Waals surface area contributed by atoms with E-state index in [1.54, 1.807) is 0 Å². The molecule has 0 spiro atoms. The number of amides is 1. The quantitative estimate of drug-likeness (QED) is 0.815. The molecule has 0 aromatic heterocycles. The van der Waals surface area contributed by atoms with Gasteiger partial charge in [-0.25, -0.2) is 12.7 Å². The fourth-order valence-corrected chi connectivity index (χ4v) is 4.53. The Labute approximate surface area is 161 Å². The minimum absolute atomic E-state index is 0.00732. The van der Waals surface area contributed by atoms with Gasteiger partial charge in [-0.05, 0) is 37.5 Å². The number of carbonyl (C=O) groups is 1. The van der Waals surface area contributed by atoms with Crippen molar-refractivity contribution in [2.75, 3.05) is 50.5 Å². The molecule has 0 bridgehead atoms. The van der Waals surface area contributed by atoms with Crippen LogP contribution in [0.3, 0.4) is 0 Å². The van der Waals surface area contributed by atoms with Crippen LogP contribution >= 0.6 is 0 Å². The van der Waals surface area contributed by atoms with Crippen LogP contribution in [0.15, 0.2) is 24.3 Å². The highest BCUT2D eigenvalue weighted by atomic mass is 32.2. The molecule has 7 nitrogen and oxygen atoms in total. The Balaban J connectivity index is 1.52. The van der Waals surface area contributed by atoms with Gasteiger partial charge in [0.15, 0.2) is 0 Å². The molecule has 0 radical (unpaired) electrons. The lowest BCUT2D eigenvalue weighted by Gasteiger charge is -2.30. The number of hydrogen-bond donors (Lipinski definition) is 1. The Morgan fingerprint density at radius 3 is 2.26 bits per heavy atom. The van der Waals surface area contributed by atoms with Crippen LogP contribution in [0.2, 0.25) is 0 Å². The Hall–Kier alpha value is -1.64. The third-order valence-electron chi connectivity index (χ3n) is 5.42. The zero-order valence-electron chi connectivity index (χ0n) is 16.1. The van der Waals surface area contributed by atoms with Gasteiger partial charge in [-0.15, -0.1) is 0 Å². The Morgan fingerprint density at radius 2 is 1.70 bits per heavy atom. The summed E-state index contributed by atoms with van der Waals surface area (Å²) in [5.41, 5.74) is 2.24. The first-order chi connectivity index (χ1) is 12.8. The standard InChI is InChI=1S/C19H29N3O4S/c1-15(16-3-5-18(6-4-16)21-11-13-26-14-12-21)20-19(23)17-7-9-22(10-8-17)27(2,24)25/h3-6,15,17H,7-14H2,1-2H3,(H,20,23)/t15-/m0/s1. The highest BCUT2D eigenvalue weighted by Crippen LogP contribution is 2.23. The number of nitrogens with zero attached hydrogens (tertiary/aromatic N) is 2. The molecule has 0 saturated carbocycles. The van der Waals surface area contributed by atoms with Crippen LogP contribution in [0, 0.1) is 5.92 Å². The maximum Gasteiger partial charge on any atom is 0.223 e. The summed E-state index contributed by atoms with van der Waals surface area (Å²) in [5, 5.41) is 3.08. The van der Waals surface area contributed by atoms with Gasteiger partial charge in [0, 0.05) is 37.8 Å². The van der Waals surface area contributed by atoms with E-state index in [0.29, 0.717) is 25.9 Å². The maximum atomic E-state index is 12.6. The van der Waals surface area contributed by atoms with Crippen LogP contribution in [0.1, 0.15) is 31.4 Å². The molecule has 1 aromatic carbocycles. The fourth-order valence-electron chi connectivity index (χ4n) is 3.66. The molecule has 2 fully saturated rings. The lowest BCUT2D eigenvalue weighted by atomic mass is 9.96. The van der Waals surface area contributed by atoms with Crippen molar-refractivity contribution >= 4 is 21.6 Å². The molecule has 8 heteroatoms. The van der Waals surface area contributed by atoms with Crippen molar-refractivity contribution in [3.8, 4) is 0 Å². The van der Waals surface area contributed by atoms with Gasteiger partial charge in [0.25, 0.3) is 0 Å². The molecule has 1 aromatic rings. The summed E-state index contributed by atoms with van der Waals surface area (Å²) in [7, 11) is -3.16. The van der Waals surface area contributed by atoms with Gasteiger partial charge >= 0.3 is 0 Å². The lowest BCUT2D eigenvalue weighted by molar-refractivity contribution is -0.126. The van der Waals surface area contributed by atoms with Crippen LogP contribution in [0.25, 0.3) is 0 Å². The van der Waals surface area contributed by atoms with Crippen LogP contribution in [0.4, 0.5) is 5.69 Å². The highest BCUT2D eigenvalue weighted by molar-refractivity contribution is 7.88. The molecule has 2 saturated heterocycles. The second-order valence-electron chi connectivity index (χ2n) is 7.36. The number of ether oxygens (including phenoxy) is 1. The summed E-state index contributed by atoms with van der Waals surface area (Å²) in [4.78, 5) is 14.8. The molecular formula is C19H29N3O4S. The van der Waals surface area contributed by atoms with Crippen LogP contribution in [-0.2, 0) is 19.6 Å². The number of morpholine rings is 1. The maximum absolute atomic E-state index is 12.6. The average Bonchev–Trinajstić information content (AvgIpc) is 2.68.